The largest absolute Gasteiger partial charge is 0.292 e. The van der Waals surface area contributed by atoms with E-state index in [2.05, 4.69) is 60.4 Å². The van der Waals surface area contributed by atoms with E-state index in [4.69, 9.17) is 0 Å². The molecule has 0 unspecified atom stereocenters. The highest BCUT2D eigenvalue weighted by molar-refractivity contribution is 5.86. The van der Waals surface area contributed by atoms with Crippen LogP contribution in [0.4, 0.5) is 0 Å². The van der Waals surface area contributed by atoms with Crippen molar-refractivity contribution in [2.45, 2.75) is 13.5 Å². The molecular formula is C16H17N. The van der Waals surface area contributed by atoms with E-state index < -0.39 is 0 Å². The highest BCUT2D eigenvalue weighted by Crippen LogP contribution is 2.22. The Morgan fingerprint density at radius 2 is 1.82 bits per heavy atom. The molecule has 0 fully saturated rings. The van der Waals surface area contributed by atoms with Crippen molar-refractivity contribution in [1.82, 2.24) is 4.90 Å². The fourth-order valence-corrected chi connectivity index (χ4v) is 2.58. The minimum absolute atomic E-state index is 1.05. The van der Waals surface area contributed by atoms with Gasteiger partial charge in [-0.2, -0.15) is 0 Å². The van der Waals surface area contributed by atoms with Gasteiger partial charge >= 0.3 is 0 Å². The molecule has 1 heteroatoms. The van der Waals surface area contributed by atoms with E-state index in [-0.39, 0.29) is 0 Å². The highest BCUT2D eigenvalue weighted by Gasteiger charge is 2.09. The minimum Gasteiger partial charge on any atom is -0.292 e. The fourth-order valence-electron chi connectivity index (χ4n) is 2.58. The summed E-state index contributed by atoms with van der Waals surface area (Å²) in [5.74, 6) is 0. The maximum absolute atomic E-state index is 2.46. The first-order valence-electron chi connectivity index (χ1n) is 6.18. The zero-order chi connectivity index (χ0) is 11.7. The summed E-state index contributed by atoms with van der Waals surface area (Å²) in [7, 11) is 0. The lowest BCUT2D eigenvalue weighted by Gasteiger charge is -2.17. The average Bonchev–Trinajstić information content (AvgIpc) is 2.81. The predicted octanol–water partition coefficient (Wildman–Crippen LogP) is 3.52. The minimum atomic E-state index is 1.05. The fraction of sp³-hybridized carbons (Fsp3) is 0.250. The lowest BCUT2D eigenvalue weighted by Crippen LogP contribution is -2.19. The van der Waals surface area contributed by atoms with Crippen molar-refractivity contribution in [2.75, 3.05) is 13.1 Å². The molecule has 0 aromatic heterocycles. The van der Waals surface area contributed by atoms with Gasteiger partial charge in [0.25, 0.3) is 0 Å². The maximum Gasteiger partial charge on any atom is 0.0246 e. The first-order valence-corrected chi connectivity index (χ1v) is 6.18. The molecule has 1 aliphatic rings. The van der Waals surface area contributed by atoms with Crippen LogP contribution in [-0.4, -0.2) is 18.0 Å². The zero-order valence-electron chi connectivity index (χ0n) is 10.2. The molecule has 2 aromatic rings. The molecule has 1 nitrogen and oxygen atoms in total. The van der Waals surface area contributed by atoms with Crippen LogP contribution >= 0.6 is 0 Å². The Kier molecular flexibility index (Phi) is 2.69. The quantitative estimate of drug-likeness (QED) is 0.704. The number of nitrogens with zero attached hydrogens (tertiary/aromatic N) is 1. The van der Waals surface area contributed by atoms with Crippen LogP contribution in [0.1, 0.15) is 11.1 Å². The van der Waals surface area contributed by atoms with E-state index in [1.165, 1.54) is 21.9 Å². The van der Waals surface area contributed by atoms with Crippen LogP contribution in [0.3, 0.4) is 0 Å². The lowest BCUT2D eigenvalue weighted by molar-refractivity contribution is 0.346. The van der Waals surface area contributed by atoms with E-state index in [1.807, 2.05) is 0 Å². The number of hydrogen-bond acceptors (Lipinski definition) is 1. The van der Waals surface area contributed by atoms with Gasteiger partial charge in [0, 0.05) is 19.6 Å². The third-order valence-corrected chi connectivity index (χ3v) is 3.38. The summed E-state index contributed by atoms with van der Waals surface area (Å²) in [5, 5.41) is 2.75. The standard InChI is InChI=1S/C16H17N/c1-13-10-14-6-2-3-7-16(14)15(11-13)12-17-8-4-5-9-17/h2-7,10-11H,8-9,12H2,1H3. The maximum atomic E-state index is 2.46. The molecule has 1 heterocycles. The van der Waals surface area contributed by atoms with Crippen molar-refractivity contribution < 1.29 is 0 Å². The molecule has 0 atom stereocenters. The molecule has 1 aliphatic heterocycles. The number of fused-ring (bicyclic) bond motifs is 1. The number of benzene rings is 2. The number of aryl methyl sites for hydroxylation is 1. The Bertz CT molecular complexity index is 561. The zero-order valence-corrected chi connectivity index (χ0v) is 10.2. The Morgan fingerprint density at radius 3 is 2.65 bits per heavy atom. The van der Waals surface area contributed by atoms with Crippen LogP contribution in [0, 0.1) is 6.92 Å². The van der Waals surface area contributed by atoms with Gasteiger partial charge in [-0.25, -0.2) is 0 Å². The van der Waals surface area contributed by atoms with Gasteiger partial charge in [-0.1, -0.05) is 54.1 Å². The molecule has 0 amide bonds. The molecule has 0 aliphatic carbocycles. The van der Waals surface area contributed by atoms with E-state index in [0.717, 1.165) is 19.6 Å². The van der Waals surface area contributed by atoms with Crippen LogP contribution < -0.4 is 0 Å². The first kappa shape index (κ1) is 10.5. The summed E-state index contributed by atoms with van der Waals surface area (Å²) in [6, 6.07) is 13.3. The molecule has 0 saturated heterocycles. The SMILES string of the molecule is Cc1cc(CN2CC=CC2)c2ccccc2c1. The van der Waals surface area contributed by atoms with Gasteiger partial charge in [0.15, 0.2) is 0 Å². The molecule has 2 aromatic carbocycles. The molecule has 0 radical (unpaired) electrons. The second kappa shape index (κ2) is 4.34. The van der Waals surface area contributed by atoms with Crippen molar-refractivity contribution in [3.63, 3.8) is 0 Å². The van der Waals surface area contributed by atoms with Crippen molar-refractivity contribution in [2.24, 2.45) is 0 Å². The van der Waals surface area contributed by atoms with Gasteiger partial charge in [0.2, 0.25) is 0 Å². The summed E-state index contributed by atoms with van der Waals surface area (Å²) in [4.78, 5) is 2.46. The van der Waals surface area contributed by atoms with Crippen molar-refractivity contribution >= 4 is 10.8 Å². The summed E-state index contributed by atoms with van der Waals surface area (Å²) in [6.45, 7) is 5.40. The Morgan fingerprint density at radius 1 is 1.06 bits per heavy atom. The Balaban J connectivity index is 2.01. The third kappa shape index (κ3) is 2.11. The van der Waals surface area contributed by atoms with E-state index in [1.54, 1.807) is 0 Å². The highest BCUT2D eigenvalue weighted by atomic mass is 15.1. The smallest absolute Gasteiger partial charge is 0.0246 e. The van der Waals surface area contributed by atoms with Gasteiger partial charge in [0.05, 0.1) is 0 Å². The third-order valence-electron chi connectivity index (χ3n) is 3.38. The molecule has 0 saturated carbocycles. The Labute approximate surface area is 102 Å². The van der Waals surface area contributed by atoms with Crippen LogP contribution in [0.2, 0.25) is 0 Å². The predicted molar refractivity (Wildman–Crippen MR) is 73.1 cm³/mol. The van der Waals surface area contributed by atoms with Crippen LogP contribution in [0.25, 0.3) is 10.8 Å². The van der Waals surface area contributed by atoms with E-state index >= 15 is 0 Å². The monoisotopic (exact) mass is 223 g/mol. The number of rotatable bonds is 2. The lowest BCUT2D eigenvalue weighted by atomic mass is 10.0. The van der Waals surface area contributed by atoms with Gasteiger partial charge in [-0.15, -0.1) is 0 Å². The molecule has 0 N–H and O–H groups in total. The molecule has 3 rings (SSSR count). The van der Waals surface area contributed by atoms with Crippen molar-refractivity contribution in [1.29, 1.82) is 0 Å². The topological polar surface area (TPSA) is 3.24 Å². The molecule has 86 valence electrons. The van der Waals surface area contributed by atoms with Crippen molar-refractivity contribution in [3.8, 4) is 0 Å². The average molecular weight is 223 g/mol. The summed E-state index contributed by atoms with van der Waals surface area (Å²) >= 11 is 0. The molecular weight excluding hydrogens is 206 g/mol. The molecule has 17 heavy (non-hydrogen) atoms. The first-order chi connectivity index (χ1) is 8.33. The summed E-state index contributed by atoms with van der Waals surface area (Å²) in [5.41, 5.74) is 2.80. The summed E-state index contributed by atoms with van der Waals surface area (Å²) < 4.78 is 0. The molecule has 0 bridgehead atoms. The van der Waals surface area contributed by atoms with Crippen LogP contribution in [0.15, 0.2) is 48.6 Å². The van der Waals surface area contributed by atoms with Gasteiger partial charge in [-0.05, 0) is 23.3 Å². The number of hydrogen-bond donors (Lipinski definition) is 0. The van der Waals surface area contributed by atoms with E-state index in [9.17, 15) is 0 Å². The van der Waals surface area contributed by atoms with Crippen LogP contribution in [-0.2, 0) is 6.54 Å². The second-order valence-corrected chi connectivity index (χ2v) is 4.81. The van der Waals surface area contributed by atoms with Crippen LogP contribution in [0.5, 0.6) is 0 Å². The van der Waals surface area contributed by atoms with Crippen molar-refractivity contribution in [3.05, 3.63) is 59.7 Å². The summed E-state index contributed by atoms with van der Waals surface area (Å²) in [6.07, 6.45) is 4.50. The second-order valence-electron chi connectivity index (χ2n) is 4.81. The Hall–Kier alpha value is -1.60. The van der Waals surface area contributed by atoms with Gasteiger partial charge in [-0.3, -0.25) is 4.90 Å². The van der Waals surface area contributed by atoms with Gasteiger partial charge < -0.3 is 0 Å². The van der Waals surface area contributed by atoms with Gasteiger partial charge in [0.1, 0.15) is 0 Å². The normalized spacial score (nSPS) is 15.8. The molecule has 0 spiro atoms. The van der Waals surface area contributed by atoms with E-state index in [0.29, 0.717) is 0 Å².